The summed E-state index contributed by atoms with van der Waals surface area (Å²) in [5.74, 6) is 0.195. The Bertz CT molecular complexity index is 1080. The summed E-state index contributed by atoms with van der Waals surface area (Å²) < 4.78 is 12.5. The number of carbonyl (C=O) groups is 2. The molecule has 0 unspecified atom stereocenters. The van der Waals surface area contributed by atoms with Crippen molar-refractivity contribution in [1.82, 2.24) is 20.6 Å². The summed E-state index contributed by atoms with van der Waals surface area (Å²) in [5, 5.41) is 4.54. The van der Waals surface area contributed by atoms with Crippen molar-refractivity contribution < 1.29 is 19.1 Å². The molecule has 8 heteroatoms. The van der Waals surface area contributed by atoms with Crippen LogP contribution in [-0.2, 0) is 11.2 Å². The van der Waals surface area contributed by atoms with Crippen molar-refractivity contribution in [2.75, 3.05) is 13.7 Å². The molecule has 0 aliphatic rings. The van der Waals surface area contributed by atoms with E-state index in [-0.39, 0.29) is 12.3 Å². The Morgan fingerprint density at radius 1 is 1.03 bits per heavy atom. The third-order valence-corrected chi connectivity index (χ3v) is 4.82. The number of hydrogen-bond donors (Lipinski definition) is 2. The number of nitrogens with one attached hydrogen (secondary N) is 2. The molecule has 2 amide bonds. The van der Waals surface area contributed by atoms with Crippen LogP contribution in [0.25, 0.3) is 5.69 Å². The molecule has 0 fully saturated rings. The number of nitrogens with zero attached hydrogens (tertiary/aromatic N) is 2. The summed E-state index contributed by atoms with van der Waals surface area (Å²) in [5.41, 5.74) is 8.62. The fourth-order valence-corrected chi connectivity index (χ4v) is 3.24. The van der Waals surface area contributed by atoms with Crippen molar-refractivity contribution in [2.45, 2.75) is 27.2 Å². The van der Waals surface area contributed by atoms with Crippen LogP contribution in [-0.4, -0.2) is 35.3 Å². The van der Waals surface area contributed by atoms with E-state index in [9.17, 15) is 9.59 Å². The van der Waals surface area contributed by atoms with E-state index in [0.717, 1.165) is 22.6 Å². The molecule has 0 aliphatic carbocycles. The van der Waals surface area contributed by atoms with Crippen molar-refractivity contribution in [1.29, 1.82) is 0 Å². The smallest absolute Gasteiger partial charge is 0.269 e. The molecule has 8 nitrogen and oxygen atoms in total. The Morgan fingerprint density at radius 2 is 1.77 bits per heavy atom. The topological polar surface area (TPSA) is 94.5 Å². The zero-order chi connectivity index (χ0) is 22.4. The summed E-state index contributed by atoms with van der Waals surface area (Å²) >= 11 is 0. The molecule has 0 saturated carbocycles. The normalized spacial score (nSPS) is 10.5. The van der Waals surface area contributed by atoms with Crippen molar-refractivity contribution >= 4 is 11.8 Å². The van der Waals surface area contributed by atoms with Gasteiger partial charge in [0.25, 0.3) is 5.91 Å². The predicted molar refractivity (Wildman–Crippen MR) is 117 cm³/mol. The van der Waals surface area contributed by atoms with E-state index in [1.54, 1.807) is 18.2 Å². The number of benzene rings is 2. The Morgan fingerprint density at radius 3 is 2.45 bits per heavy atom. The number of aryl methyl sites for hydroxylation is 1. The number of aromatic nitrogens is 2. The van der Waals surface area contributed by atoms with E-state index in [2.05, 4.69) is 16.0 Å². The predicted octanol–water partition coefficient (Wildman–Crippen LogP) is 2.90. The van der Waals surface area contributed by atoms with Crippen LogP contribution in [0.1, 0.15) is 34.2 Å². The van der Waals surface area contributed by atoms with Gasteiger partial charge in [-0.15, -0.1) is 0 Å². The van der Waals surface area contributed by atoms with Crippen LogP contribution in [0, 0.1) is 13.8 Å². The Balaban J connectivity index is 1.64. The summed E-state index contributed by atoms with van der Waals surface area (Å²) in [6, 6.07) is 14.5. The van der Waals surface area contributed by atoms with Gasteiger partial charge < -0.3 is 9.47 Å². The fourth-order valence-electron chi connectivity index (χ4n) is 3.24. The van der Waals surface area contributed by atoms with Gasteiger partial charge in [-0.25, -0.2) is 4.68 Å². The highest BCUT2D eigenvalue weighted by atomic mass is 16.5. The van der Waals surface area contributed by atoms with Gasteiger partial charge in [-0.05, 0) is 51.1 Å². The molecule has 0 aliphatic heterocycles. The van der Waals surface area contributed by atoms with Gasteiger partial charge in [0, 0.05) is 16.8 Å². The molecule has 0 radical (unpaired) electrons. The van der Waals surface area contributed by atoms with Gasteiger partial charge in [0.2, 0.25) is 5.91 Å². The third kappa shape index (κ3) is 5.03. The fraction of sp³-hybridized carbons (Fsp3) is 0.261. The summed E-state index contributed by atoms with van der Waals surface area (Å²) in [6.07, 6.45) is 0.0946. The molecule has 3 rings (SSSR count). The number of methoxy groups -OCH3 is 1. The summed E-state index contributed by atoms with van der Waals surface area (Å²) in [7, 11) is 1.50. The van der Waals surface area contributed by atoms with Gasteiger partial charge in [-0.2, -0.15) is 5.10 Å². The Kier molecular flexibility index (Phi) is 6.92. The number of hydrogen-bond acceptors (Lipinski definition) is 5. The minimum atomic E-state index is -0.455. The first-order valence-electron chi connectivity index (χ1n) is 9.95. The first-order valence-corrected chi connectivity index (χ1v) is 9.95. The second-order valence-corrected chi connectivity index (χ2v) is 6.87. The van der Waals surface area contributed by atoms with Crippen LogP contribution in [0.15, 0.2) is 48.5 Å². The molecule has 2 aromatic carbocycles. The van der Waals surface area contributed by atoms with Crippen molar-refractivity contribution in [3.8, 4) is 17.2 Å². The quantitative estimate of drug-likeness (QED) is 0.571. The van der Waals surface area contributed by atoms with Crippen LogP contribution in [0.2, 0.25) is 0 Å². The van der Waals surface area contributed by atoms with Crippen LogP contribution in [0.4, 0.5) is 0 Å². The Hall–Kier alpha value is -3.81. The molecule has 0 atom stereocenters. The standard InChI is InChI=1S/C23H26N4O4/c1-5-31-20-12-11-17(13-21(20)30-4)23(29)25-24-22(28)14-19-15(2)26-27(16(19)3)18-9-7-6-8-10-18/h6-13H,5,14H2,1-4H3,(H,24,28)(H,25,29). The molecule has 1 aromatic heterocycles. The zero-order valence-corrected chi connectivity index (χ0v) is 18.1. The van der Waals surface area contributed by atoms with E-state index in [1.807, 2.05) is 55.8 Å². The molecule has 3 aromatic rings. The number of carbonyl (C=O) groups excluding carboxylic acids is 2. The van der Waals surface area contributed by atoms with E-state index in [1.165, 1.54) is 7.11 Å². The molecule has 2 N–H and O–H groups in total. The van der Waals surface area contributed by atoms with Gasteiger partial charge >= 0.3 is 0 Å². The number of para-hydroxylation sites is 1. The lowest BCUT2D eigenvalue weighted by atomic mass is 10.1. The summed E-state index contributed by atoms with van der Waals surface area (Å²) in [6.45, 7) is 6.13. The van der Waals surface area contributed by atoms with Crippen LogP contribution < -0.4 is 20.3 Å². The maximum Gasteiger partial charge on any atom is 0.269 e. The average Bonchev–Trinajstić information content (AvgIpc) is 3.06. The van der Waals surface area contributed by atoms with E-state index < -0.39 is 5.91 Å². The van der Waals surface area contributed by atoms with Gasteiger partial charge in [-0.3, -0.25) is 20.4 Å². The lowest BCUT2D eigenvalue weighted by molar-refractivity contribution is -0.121. The highest BCUT2D eigenvalue weighted by molar-refractivity contribution is 5.96. The van der Waals surface area contributed by atoms with E-state index in [0.29, 0.717) is 23.7 Å². The molecule has 0 saturated heterocycles. The molecule has 162 valence electrons. The monoisotopic (exact) mass is 422 g/mol. The van der Waals surface area contributed by atoms with Gasteiger partial charge in [-0.1, -0.05) is 18.2 Å². The van der Waals surface area contributed by atoms with Crippen LogP contribution in [0.3, 0.4) is 0 Å². The number of amides is 2. The van der Waals surface area contributed by atoms with Crippen LogP contribution >= 0.6 is 0 Å². The second kappa shape index (κ2) is 9.80. The minimum Gasteiger partial charge on any atom is -0.493 e. The molecule has 0 bridgehead atoms. The first-order chi connectivity index (χ1) is 14.9. The van der Waals surface area contributed by atoms with E-state index in [4.69, 9.17) is 9.47 Å². The Labute approximate surface area is 181 Å². The largest absolute Gasteiger partial charge is 0.493 e. The average molecular weight is 422 g/mol. The van der Waals surface area contributed by atoms with Gasteiger partial charge in [0.15, 0.2) is 11.5 Å². The zero-order valence-electron chi connectivity index (χ0n) is 18.1. The molecule has 31 heavy (non-hydrogen) atoms. The lowest BCUT2D eigenvalue weighted by Gasteiger charge is -2.12. The molecule has 0 spiro atoms. The number of rotatable bonds is 7. The SMILES string of the molecule is CCOc1ccc(C(=O)NNC(=O)Cc2c(C)nn(-c3ccccc3)c2C)cc1OC. The summed E-state index contributed by atoms with van der Waals surface area (Å²) in [4.78, 5) is 24.9. The number of hydrazine groups is 1. The molecule has 1 heterocycles. The highest BCUT2D eigenvalue weighted by Crippen LogP contribution is 2.28. The maximum atomic E-state index is 12.5. The first kappa shape index (κ1) is 21.9. The van der Waals surface area contributed by atoms with Crippen molar-refractivity contribution in [3.63, 3.8) is 0 Å². The minimum absolute atomic E-state index is 0.0946. The maximum absolute atomic E-state index is 12.5. The van der Waals surface area contributed by atoms with Crippen molar-refractivity contribution in [3.05, 3.63) is 71.0 Å². The molecular weight excluding hydrogens is 396 g/mol. The lowest BCUT2D eigenvalue weighted by Crippen LogP contribution is -2.42. The van der Waals surface area contributed by atoms with Crippen LogP contribution in [0.5, 0.6) is 11.5 Å². The highest BCUT2D eigenvalue weighted by Gasteiger charge is 2.17. The third-order valence-electron chi connectivity index (χ3n) is 4.82. The molecular formula is C23H26N4O4. The number of ether oxygens (including phenoxy) is 2. The van der Waals surface area contributed by atoms with Gasteiger partial charge in [0.05, 0.1) is 31.5 Å². The second-order valence-electron chi connectivity index (χ2n) is 6.87. The van der Waals surface area contributed by atoms with E-state index >= 15 is 0 Å². The van der Waals surface area contributed by atoms with Crippen molar-refractivity contribution in [2.24, 2.45) is 0 Å². The van der Waals surface area contributed by atoms with Gasteiger partial charge in [0.1, 0.15) is 0 Å².